The van der Waals surface area contributed by atoms with E-state index < -0.39 is 50.7 Å². The van der Waals surface area contributed by atoms with E-state index in [0.717, 1.165) is 19.2 Å². The number of ether oxygens (including phenoxy) is 1. The number of nitrogens with one attached hydrogen (secondary N) is 1. The number of esters is 1. The largest absolute Gasteiger partial charge is 0.467 e. The van der Waals surface area contributed by atoms with Gasteiger partial charge in [0.25, 0.3) is 5.91 Å². The number of hydrogen-bond donors (Lipinski definition) is 1. The van der Waals surface area contributed by atoms with Crippen molar-refractivity contribution in [2.45, 2.75) is 17.4 Å². The van der Waals surface area contributed by atoms with Crippen molar-refractivity contribution in [1.29, 1.82) is 0 Å². The molecule has 144 valence electrons. The summed E-state index contributed by atoms with van der Waals surface area (Å²) >= 11 is 0. The van der Waals surface area contributed by atoms with Gasteiger partial charge in [-0.15, -0.1) is 0 Å². The van der Waals surface area contributed by atoms with Gasteiger partial charge in [-0.3, -0.25) is 4.79 Å². The zero-order chi connectivity index (χ0) is 20.0. The molecule has 0 fully saturated rings. The third kappa shape index (κ3) is 5.33. The second kappa shape index (κ2) is 8.72. The fourth-order valence-electron chi connectivity index (χ4n) is 2.32. The molecule has 0 unspecified atom stereocenters. The highest BCUT2D eigenvalue weighted by molar-refractivity contribution is 7.91. The number of hydrogen-bond acceptors (Lipinski definition) is 5. The molecule has 1 N–H and O–H groups in total. The number of carbonyl (C=O) groups excluding carboxylic acids is 2. The molecule has 1 atom stereocenters. The quantitative estimate of drug-likeness (QED) is 0.723. The van der Waals surface area contributed by atoms with E-state index in [-0.39, 0.29) is 11.3 Å². The van der Waals surface area contributed by atoms with Crippen LogP contribution >= 0.6 is 0 Å². The average Bonchev–Trinajstić information content (AvgIpc) is 2.65. The Morgan fingerprint density at radius 2 is 1.78 bits per heavy atom. The number of halogens is 2. The summed E-state index contributed by atoms with van der Waals surface area (Å²) in [6.07, 6.45) is -0.279. The number of benzene rings is 2. The molecule has 2 aromatic carbocycles. The zero-order valence-electron chi connectivity index (χ0n) is 14.3. The number of rotatable bonds is 7. The van der Waals surface area contributed by atoms with Crippen LogP contribution in [-0.2, 0) is 19.4 Å². The van der Waals surface area contributed by atoms with Crippen LogP contribution in [0.1, 0.15) is 16.8 Å². The number of methoxy groups -OCH3 is 1. The predicted molar refractivity (Wildman–Crippen MR) is 92.7 cm³/mol. The van der Waals surface area contributed by atoms with Crippen LogP contribution in [0, 0.1) is 11.6 Å². The molecule has 0 radical (unpaired) electrons. The first-order valence-corrected chi connectivity index (χ1v) is 9.51. The maximum absolute atomic E-state index is 13.7. The van der Waals surface area contributed by atoms with Gasteiger partial charge in [0.2, 0.25) is 0 Å². The van der Waals surface area contributed by atoms with Gasteiger partial charge in [-0.05, 0) is 30.7 Å². The minimum absolute atomic E-state index is 0.0736. The molecule has 0 aromatic heterocycles. The topological polar surface area (TPSA) is 89.5 Å². The average molecular weight is 397 g/mol. The molecule has 27 heavy (non-hydrogen) atoms. The van der Waals surface area contributed by atoms with Gasteiger partial charge in [0.15, 0.2) is 9.84 Å². The van der Waals surface area contributed by atoms with E-state index in [1.807, 2.05) is 0 Å². The van der Waals surface area contributed by atoms with Crippen molar-refractivity contribution in [3.05, 3.63) is 65.7 Å². The lowest BCUT2D eigenvalue weighted by Crippen LogP contribution is -2.43. The maximum Gasteiger partial charge on any atom is 0.328 e. The maximum atomic E-state index is 13.7. The van der Waals surface area contributed by atoms with Gasteiger partial charge in [-0.1, -0.05) is 18.2 Å². The fourth-order valence-corrected chi connectivity index (χ4v) is 3.67. The normalized spacial score (nSPS) is 12.3. The summed E-state index contributed by atoms with van der Waals surface area (Å²) in [7, 11) is -2.62. The zero-order valence-corrected chi connectivity index (χ0v) is 15.1. The Labute approximate surface area is 155 Å². The van der Waals surface area contributed by atoms with Gasteiger partial charge in [0, 0.05) is 6.07 Å². The first-order chi connectivity index (χ1) is 12.7. The lowest BCUT2D eigenvalue weighted by atomic mass is 10.1. The van der Waals surface area contributed by atoms with Crippen molar-refractivity contribution in [2.75, 3.05) is 12.9 Å². The van der Waals surface area contributed by atoms with Crippen LogP contribution in [0.2, 0.25) is 0 Å². The lowest BCUT2D eigenvalue weighted by Gasteiger charge is -2.17. The van der Waals surface area contributed by atoms with Crippen molar-refractivity contribution >= 4 is 21.7 Å². The van der Waals surface area contributed by atoms with Gasteiger partial charge < -0.3 is 10.1 Å². The van der Waals surface area contributed by atoms with Gasteiger partial charge in [-0.25, -0.2) is 22.0 Å². The number of sulfone groups is 1. The molecule has 6 nitrogen and oxygen atoms in total. The van der Waals surface area contributed by atoms with Crippen molar-refractivity contribution in [1.82, 2.24) is 5.32 Å². The fraction of sp³-hybridized carbons (Fsp3) is 0.222. The van der Waals surface area contributed by atoms with Gasteiger partial charge in [0.05, 0.1) is 23.3 Å². The third-order valence-corrected chi connectivity index (χ3v) is 5.51. The van der Waals surface area contributed by atoms with E-state index in [1.54, 1.807) is 18.2 Å². The minimum atomic E-state index is -3.69. The summed E-state index contributed by atoms with van der Waals surface area (Å²) < 4.78 is 55.9. The highest BCUT2D eigenvalue weighted by Gasteiger charge is 2.26. The van der Waals surface area contributed by atoms with E-state index in [0.29, 0.717) is 6.07 Å². The standard InChI is InChI=1S/C18H17F2NO5S/c1-26-18(23)16(9-10-27(24,25)13-5-3-2-4-6-13)21-17(22)14-8-7-12(19)11-15(14)20/h2-8,11,16H,9-10H2,1H3,(H,21,22)/t16-/m0/s1. The van der Waals surface area contributed by atoms with Gasteiger partial charge in [-0.2, -0.15) is 0 Å². The predicted octanol–water partition coefficient (Wildman–Crippen LogP) is 2.10. The summed E-state index contributed by atoms with van der Waals surface area (Å²) in [5.41, 5.74) is -0.476. The molecule has 0 aliphatic heterocycles. The van der Waals surface area contributed by atoms with Crippen molar-refractivity contribution in [3.8, 4) is 0 Å². The Morgan fingerprint density at radius 3 is 2.37 bits per heavy atom. The summed E-state index contributed by atoms with van der Waals surface area (Å²) in [6.45, 7) is 0. The van der Waals surface area contributed by atoms with Crippen LogP contribution in [0.5, 0.6) is 0 Å². The van der Waals surface area contributed by atoms with E-state index in [1.165, 1.54) is 12.1 Å². The van der Waals surface area contributed by atoms with E-state index >= 15 is 0 Å². The van der Waals surface area contributed by atoms with Crippen LogP contribution in [0.15, 0.2) is 53.4 Å². The first kappa shape index (κ1) is 20.5. The monoisotopic (exact) mass is 397 g/mol. The van der Waals surface area contributed by atoms with Gasteiger partial charge >= 0.3 is 5.97 Å². The highest BCUT2D eigenvalue weighted by atomic mass is 32.2. The van der Waals surface area contributed by atoms with Crippen molar-refractivity contribution in [2.24, 2.45) is 0 Å². The summed E-state index contributed by atoms with van der Waals surface area (Å²) in [6, 6.07) is 8.64. The van der Waals surface area contributed by atoms with Crippen LogP contribution in [-0.4, -0.2) is 39.2 Å². The summed E-state index contributed by atoms with van der Waals surface area (Å²) in [5.74, 6) is -4.27. The minimum Gasteiger partial charge on any atom is -0.467 e. The molecule has 0 saturated heterocycles. The van der Waals surface area contributed by atoms with Crippen LogP contribution in [0.3, 0.4) is 0 Å². The summed E-state index contributed by atoms with van der Waals surface area (Å²) in [4.78, 5) is 24.1. The first-order valence-electron chi connectivity index (χ1n) is 7.86. The van der Waals surface area contributed by atoms with Gasteiger partial charge in [0.1, 0.15) is 17.7 Å². The Balaban J connectivity index is 2.14. The van der Waals surface area contributed by atoms with Crippen LogP contribution < -0.4 is 5.32 Å². The molecule has 2 rings (SSSR count). The van der Waals surface area contributed by atoms with Crippen LogP contribution in [0.25, 0.3) is 0 Å². The molecule has 9 heteroatoms. The highest BCUT2D eigenvalue weighted by Crippen LogP contribution is 2.14. The molecule has 0 aliphatic carbocycles. The smallest absolute Gasteiger partial charge is 0.328 e. The molecule has 2 aromatic rings. The third-order valence-electron chi connectivity index (χ3n) is 3.74. The van der Waals surface area contributed by atoms with E-state index in [9.17, 15) is 26.8 Å². The number of carbonyl (C=O) groups is 2. The molecular formula is C18H17F2NO5S. The Morgan fingerprint density at radius 1 is 1.11 bits per heavy atom. The molecule has 0 aliphatic rings. The Hall–Kier alpha value is -2.81. The molecule has 0 spiro atoms. The molecule has 0 bridgehead atoms. The van der Waals surface area contributed by atoms with Crippen LogP contribution in [0.4, 0.5) is 8.78 Å². The molecular weight excluding hydrogens is 380 g/mol. The Kier molecular flexibility index (Phi) is 6.62. The molecule has 0 saturated carbocycles. The second-order valence-corrected chi connectivity index (χ2v) is 7.70. The number of amides is 1. The molecule has 1 amide bonds. The lowest BCUT2D eigenvalue weighted by molar-refractivity contribution is -0.142. The van der Waals surface area contributed by atoms with Crippen molar-refractivity contribution in [3.63, 3.8) is 0 Å². The summed E-state index contributed by atoms with van der Waals surface area (Å²) in [5, 5.41) is 2.23. The van der Waals surface area contributed by atoms with E-state index in [2.05, 4.69) is 10.1 Å². The Bertz CT molecular complexity index is 932. The van der Waals surface area contributed by atoms with E-state index in [4.69, 9.17) is 0 Å². The molecule has 0 heterocycles. The van der Waals surface area contributed by atoms with Crippen molar-refractivity contribution < 1.29 is 31.5 Å². The second-order valence-electron chi connectivity index (χ2n) is 5.59. The SMILES string of the molecule is COC(=O)[C@H](CCS(=O)(=O)c1ccccc1)NC(=O)c1ccc(F)cc1F.